The van der Waals surface area contributed by atoms with Crippen LogP contribution in [0.2, 0.25) is 0 Å². The topological polar surface area (TPSA) is 152 Å². The third kappa shape index (κ3) is 16.5. The Kier molecular flexibility index (Phi) is 14.1. The number of aliphatic carboxylic acids is 1. The number of rotatable bonds is 16. The number of carboxylic acids is 1. The van der Waals surface area contributed by atoms with Gasteiger partial charge in [-0.05, 0) is 12.2 Å². The lowest BCUT2D eigenvalue weighted by atomic mass is 10.3. The Hall–Kier alpha value is -0.680. The number of hydrogen-bond donors (Lipinski definition) is 4. The second kappa shape index (κ2) is 14.5. The fourth-order valence-corrected chi connectivity index (χ4v) is 2.60. The van der Waals surface area contributed by atoms with E-state index in [0.29, 0.717) is 32.0 Å². The first-order chi connectivity index (χ1) is 11.8. The highest BCUT2D eigenvalue weighted by Gasteiger charge is 2.23. The largest absolute Gasteiger partial charge is 0.480 e. The van der Waals surface area contributed by atoms with E-state index in [2.05, 4.69) is 9.84 Å². The molecule has 0 radical (unpaired) electrons. The van der Waals surface area contributed by atoms with Crippen LogP contribution in [0, 0.1) is 0 Å². The van der Waals surface area contributed by atoms with E-state index < -0.39 is 32.1 Å². The van der Waals surface area contributed by atoms with E-state index in [1.807, 2.05) is 0 Å². The molecule has 0 aliphatic heterocycles. The van der Waals surface area contributed by atoms with Crippen molar-refractivity contribution in [2.75, 3.05) is 57.8 Å². The Morgan fingerprint density at radius 2 is 1.84 bits per heavy atom. The molecule has 0 spiro atoms. The number of ether oxygens (including phenoxy) is 2. The van der Waals surface area contributed by atoms with Gasteiger partial charge in [0.1, 0.15) is 0 Å². The van der Waals surface area contributed by atoms with Gasteiger partial charge in [0.25, 0.3) is 0 Å². The minimum absolute atomic E-state index is 0.0225. The number of amides is 1. The molecular formula is C13H26NO9PS. The molecule has 1 amide bonds. The molecule has 12 heteroatoms. The normalized spacial score (nSPS) is 14.7. The molecule has 0 aromatic heterocycles. The molecule has 0 aromatic carbocycles. The molecule has 4 N–H and O–H groups in total. The van der Waals surface area contributed by atoms with Gasteiger partial charge >= 0.3 is 13.6 Å². The Labute approximate surface area is 150 Å². The smallest absolute Gasteiger partial charge is 0.328 e. The van der Waals surface area contributed by atoms with Crippen molar-refractivity contribution in [2.24, 2.45) is 0 Å². The molecule has 0 aliphatic rings. The van der Waals surface area contributed by atoms with E-state index >= 15 is 0 Å². The lowest BCUT2D eigenvalue weighted by molar-refractivity contribution is -0.142. The van der Waals surface area contributed by atoms with Crippen LogP contribution in [0.3, 0.4) is 0 Å². The number of hydrogen-bond acceptors (Lipinski definition) is 8. The van der Waals surface area contributed by atoms with Crippen LogP contribution in [-0.2, 0) is 28.2 Å². The van der Waals surface area contributed by atoms with Crippen molar-refractivity contribution >= 4 is 31.2 Å². The lowest BCUT2D eigenvalue weighted by Crippen LogP contribution is -2.44. The maximum absolute atomic E-state index is 11.7. The monoisotopic (exact) mass is 403 g/mol. The van der Waals surface area contributed by atoms with E-state index in [4.69, 9.17) is 24.6 Å². The number of carbonyl (C=O) groups excluding carboxylic acids is 1. The van der Waals surface area contributed by atoms with E-state index in [1.165, 1.54) is 11.8 Å². The predicted molar refractivity (Wildman–Crippen MR) is 91.9 cm³/mol. The van der Waals surface area contributed by atoms with Gasteiger partial charge in [0.05, 0.1) is 38.8 Å². The third-order valence-corrected chi connectivity index (χ3v) is 4.20. The Morgan fingerprint density at radius 1 is 1.20 bits per heavy atom. The standard InChI is InChI=1S/C13H26NO9PS/c1-24(19,20)23-9-11(13(17)18)14-12(16)10-25-8-2-4-21-6-7-22-5-3-15/h11,15H,2-10H2,1H3,(H,14,16)(H,17,18)(H,19,20). The summed E-state index contributed by atoms with van der Waals surface area (Å²) in [5.74, 6) is -1.13. The summed E-state index contributed by atoms with van der Waals surface area (Å²) in [5.41, 5.74) is 0. The number of aliphatic hydroxyl groups is 1. The molecule has 0 saturated heterocycles. The second-order valence-corrected chi connectivity index (χ2v) is 7.88. The van der Waals surface area contributed by atoms with Gasteiger partial charge in [-0.1, -0.05) is 0 Å². The summed E-state index contributed by atoms with van der Waals surface area (Å²) in [4.78, 5) is 31.6. The first kappa shape index (κ1) is 24.3. The molecule has 0 fully saturated rings. The maximum Gasteiger partial charge on any atom is 0.328 e. The van der Waals surface area contributed by atoms with E-state index in [0.717, 1.165) is 6.66 Å². The zero-order valence-corrected chi connectivity index (χ0v) is 15.8. The number of aliphatic hydroxyl groups excluding tert-OH is 1. The minimum atomic E-state index is -3.80. The average molecular weight is 403 g/mol. The Morgan fingerprint density at radius 3 is 2.40 bits per heavy atom. The molecule has 148 valence electrons. The highest BCUT2D eigenvalue weighted by Crippen LogP contribution is 2.36. The van der Waals surface area contributed by atoms with Crippen molar-refractivity contribution in [2.45, 2.75) is 12.5 Å². The highest BCUT2D eigenvalue weighted by molar-refractivity contribution is 7.99. The first-order valence-corrected chi connectivity index (χ1v) is 10.7. The average Bonchev–Trinajstić information content (AvgIpc) is 2.52. The van der Waals surface area contributed by atoms with E-state index in [9.17, 15) is 14.2 Å². The van der Waals surface area contributed by atoms with Crippen LogP contribution in [0.4, 0.5) is 0 Å². The summed E-state index contributed by atoms with van der Waals surface area (Å²) in [6.07, 6.45) is 0.715. The third-order valence-electron chi connectivity index (χ3n) is 2.53. The Balaban J connectivity index is 3.73. The number of thioether (sulfide) groups is 1. The van der Waals surface area contributed by atoms with Crippen molar-refractivity contribution in [1.29, 1.82) is 0 Å². The highest BCUT2D eigenvalue weighted by atomic mass is 32.2. The summed E-state index contributed by atoms with van der Waals surface area (Å²) in [5, 5.41) is 19.7. The van der Waals surface area contributed by atoms with Gasteiger partial charge in [-0.3, -0.25) is 9.36 Å². The molecule has 25 heavy (non-hydrogen) atoms. The van der Waals surface area contributed by atoms with Gasteiger partial charge in [0.15, 0.2) is 6.04 Å². The van der Waals surface area contributed by atoms with Crippen LogP contribution in [0.15, 0.2) is 0 Å². The minimum Gasteiger partial charge on any atom is -0.480 e. The first-order valence-electron chi connectivity index (χ1n) is 7.57. The zero-order valence-electron chi connectivity index (χ0n) is 14.1. The van der Waals surface area contributed by atoms with Gasteiger partial charge in [-0.25, -0.2) is 4.79 Å². The van der Waals surface area contributed by atoms with Gasteiger partial charge in [0, 0.05) is 13.3 Å². The summed E-state index contributed by atoms with van der Waals surface area (Å²) in [6, 6.07) is -1.38. The number of nitrogens with one attached hydrogen (secondary N) is 1. The van der Waals surface area contributed by atoms with E-state index in [-0.39, 0.29) is 19.0 Å². The molecule has 0 heterocycles. The van der Waals surface area contributed by atoms with Gasteiger partial charge in [-0.2, -0.15) is 11.8 Å². The van der Waals surface area contributed by atoms with Crippen LogP contribution in [0.5, 0.6) is 0 Å². The van der Waals surface area contributed by atoms with Gasteiger partial charge in [0.2, 0.25) is 5.91 Å². The maximum atomic E-state index is 11.7. The van der Waals surface area contributed by atoms with Crippen molar-refractivity contribution in [3.05, 3.63) is 0 Å². The molecule has 0 bridgehead atoms. The van der Waals surface area contributed by atoms with Crippen LogP contribution in [0.25, 0.3) is 0 Å². The van der Waals surface area contributed by atoms with Crippen molar-refractivity contribution < 1.29 is 43.3 Å². The molecule has 2 atom stereocenters. The van der Waals surface area contributed by atoms with Crippen LogP contribution >= 0.6 is 19.4 Å². The predicted octanol–water partition coefficient (Wildman–Crippen LogP) is -0.464. The Bertz CT molecular complexity index is 432. The van der Waals surface area contributed by atoms with Crippen molar-refractivity contribution in [3.8, 4) is 0 Å². The van der Waals surface area contributed by atoms with E-state index in [1.54, 1.807) is 0 Å². The molecule has 2 unspecified atom stereocenters. The van der Waals surface area contributed by atoms with Crippen LogP contribution in [-0.4, -0.2) is 90.8 Å². The molecular weight excluding hydrogens is 377 g/mol. The molecule has 0 rings (SSSR count). The molecule has 0 aromatic rings. The fraction of sp³-hybridized carbons (Fsp3) is 0.846. The van der Waals surface area contributed by atoms with Crippen molar-refractivity contribution in [1.82, 2.24) is 5.32 Å². The number of carboxylic acid groups (broad SMARTS) is 1. The summed E-state index contributed by atoms with van der Waals surface area (Å²) >= 11 is 1.32. The summed E-state index contributed by atoms with van der Waals surface area (Å²) in [6.45, 7) is 1.96. The van der Waals surface area contributed by atoms with Crippen molar-refractivity contribution in [3.63, 3.8) is 0 Å². The molecule has 0 aliphatic carbocycles. The fourth-order valence-electron chi connectivity index (χ4n) is 1.44. The molecule has 0 saturated carbocycles. The SMILES string of the molecule is CP(=O)(O)OCC(NC(=O)CSCCCOCCOCCO)C(=O)O. The quantitative estimate of drug-likeness (QED) is 0.197. The summed E-state index contributed by atoms with van der Waals surface area (Å²) in [7, 11) is -3.80. The molecule has 10 nitrogen and oxygen atoms in total. The van der Waals surface area contributed by atoms with Crippen LogP contribution < -0.4 is 5.32 Å². The van der Waals surface area contributed by atoms with Gasteiger partial charge < -0.3 is 34.4 Å². The van der Waals surface area contributed by atoms with Crippen LogP contribution in [0.1, 0.15) is 6.42 Å². The van der Waals surface area contributed by atoms with Gasteiger partial charge in [-0.15, -0.1) is 0 Å². The second-order valence-electron chi connectivity index (χ2n) is 4.91. The number of carbonyl (C=O) groups is 2. The summed E-state index contributed by atoms with van der Waals surface area (Å²) < 4.78 is 25.8. The lowest BCUT2D eigenvalue weighted by Gasteiger charge is -2.15. The zero-order chi connectivity index (χ0) is 19.1.